The minimum atomic E-state index is -3.65. The molecule has 1 unspecified atom stereocenters. The molecule has 7 heteroatoms. The fraction of sp³-hybridized carbons (Fsp3) is 0.316. The Kier molecular flexibility index (Phi) is 5.29. The molecule has 1 N–H and O–H groups in total. The zero-order chi connectivity index (χ0) is 18.7. The SMILES string of the molecule is COc1ccc(C2C(=O)NCCN2S(=O)(=O)Cc2ccc(C)cc2)cc1. The second-order valence-corrected chi connectivity index (χ2v) is 8.24. The van der Waals surface area contributed by atoms with Gasteiger partial charge in [0, 0.05) is 13.1 Å². The fourth-order valence-electron chi connectivity index (χ4n) is 3.03. The monoisotopic (exact) mass is 374 g/mol. The van der Waals surface area contributed by atoms with Crippen LogP contribution in [0, 0.1) is 6.92 Å². The topological polar surface area (TPSA) is 75.7 Å². The Morgan fingerprint density at radius 1 is 1.12 bits per heavy atom. The fourth-order valence-corrected chi connectivity index (χ4v) is 4.71. The first-order chi connectivity index (χ1) is 12.4. The molecule has 3 rings (SSSR count). The van der Waals surface area contributed by atoms with Gasteiger partial charge in [-0.25, -0.2) is 8.42 Å². The molecule has 1 amide bonds. The number of sulfonamides is 1. The van der Waals surface area contributed by atoms with Gasteiger partial charge in [0.1, 0.15) is 11.8 Å². The molecule has 6 nitrogen and oxygen atoms in total. The summed E-state index contributed by atoms with van der Waals surface area (Å²) in [5.74, 6) is 0.209. The van der Waals surface area contributed by atoms with Gasteiger partial charge in [0.05, 0.1) is 12.9 Å². The lowest BCUT2D eigenvalue weighted by atomic mass is 10.0. The molecule has 26 heavy (non-hydrogen) atoms. The van der Waals surface area contributed by atoms with Gasteiger partial charge in [-0.05, 0) is 30.2 Å². The van der Waals surface area contributed by atoms with Crippen LogP contribution in [0.1, 0.15) is 22.7 Å². The maximum atomic E-state index is 13.0. The number of methoxy groups -OCH3 is 1. The van der Waals surface area contributed by atoms with Crippen molar-refractivity contribution in [3.8, 4) is 5.75 Å². The number of amides is 1. The van der Waals surface area contributed by atoms with Gasteiger partial charge in [-0.2, -0.15) is 4.31 Å². The highest BCUT2D eigenvalue weighted by molar-refractivity contribution is 7.88. The zero-order valence-electron chi connectivity index (χ0n) is 14.8. The summed E-state index contributed by atoms with van der Waals surface area (Å²) in [7, 11) is -2.10. The molecule has 0 bridgehead atoms. The number of piperazine rings is 1. The molecule has 1 fully saturated rings. The molecule has 1 aliphatic heterocycles. The van der Waals surface area contributed by atoms with E-state index in [1.807, 2.05) is 19.1 Å². The summed E-state index contributed by atoms with van der Waals surface area (Å²) >= 11 is 0. The Labute approximate surface area is 153 Å². The van der Waals surface area contributed by atoms with Crippen LogP contribution in [0.2, 0.25) is 0 Å². The lowest BCUT2D eigenvalue weighted by Crippen LogP contribution is -2.52. The number of nitrogens with zero attached hydrogens (tertiary/aromatic N) is 1. The molecular formula is C19H22N2O4S. The Bertz CT molecular complexity index is 877. The summed E-state index contributed by atoms with van der Waals surface area (Å²) in [6.45, 7) is 2.50. The largest absolute Gasteiger partial charge is 0.497 e. The summed E-state index contributed by atoms with van der Waals surface area (Å²) in [4.78, 5) is 12.5. The number of carbonyl (C=O) groups excluding carboxylic acids is 1. The Balaban J connectivity index is 1.91. The number of hydrogen-bond acceptors (Lipinski definition) is 4. The van der Waals surface area contributed by atoms with Crippen molar-refractivity contribution in [3.63, 3.8) is 0 Å². The smallest absolute Gasteiger partial charge is 0.243 e. The third-order valence-corrected chi connectivity index (χ3v) is 6.23. The van der Waals surface area contributed by atoms with Crippen molar-refractivity contribution in [1.82, 2.24) is 9.62 Å². The van der Waals surface area contributed by atoms with Crippen LogP contribution in [-0.4, -0.2) is 38.8 Å². The van der Waals surface area contributed by atoms with E-state index in [1.54, 1.807) is 43.5 Å². The average Bonchev–Trinajstić information content (AvgIpc) is 2.63. The predicted molar refractivity (Wildman–Crippen MR) is 99.3 cm³/mol. The van der Waals surface area contributed by atoms with Crippen molar-refractivity contribution in [1.29, 1.82) is 0 Å². The van der Waals surface area contributed by atoms with E-state index < -0.39 is 16.1 Å². The first-order valence-corrected chi connectivity index (χ1v) is 9.98. The van der Waals surface area contributed by atoms with Crippen LogP contribution in [0.4, 0.5) is 0 Å². The number of nitrogens with one attached hydrogen (secondary N) is 1. The van der Waals surface area contributed by atoms with E-state index in [2.05, 4.69) is 5.32 Å². The van der Waals surface area contributed by atoms with Gasteiger partial charge >= 0.3 is 0 Å². The van der Waals surface area contributed by atoms with E-state index in [0.29, 0.717) is 23.4 Å². The number of aryl methyl sites for hydroxylation is 1. The van der Waals surface area contributed by atoms with Crippen LogP contribution in [-0.2, 0) is 20.6 Å². The maximum absolute atomic E-state index is 13.0. The molecule has 1 aliphatic rings. The number of rotatable bonds is 5. The summed E-state index contributed by atoms with van der Waals surface area (Å²) < 4.78 is 32.5. The highest BCUT2D eigenvalue weighted by Gasteiger charge is 2.38. The van der Waals surface area contributed by atoms with Crippen LogP contribution in [0.25, 0.3) is 0 Å². The third kappa shape index (κ3) is 3.89. The predicted octanol–water partition coefficient (Wildman–Crippen LogP) is 2.01. The molecule has 0 aliphatic carbocycles. The third-order valence-electron chi connectivity index (χ3n) is 4.43. The molecule has 0 aromatic heterocycles. The minimum Gasteiger partial charge on any atom is -0.497 e. The van der Waals surface area contributed by atoms with Crippen molar-refractivity contribution in [3.05, 3.63) is 65.2 Å². The van der Waals surface area contributed by atoms with Crippen molar-refractivity contribution in [2.45, 2.75) is 18.7 Å². The van der Waals surface area contributed by atoms with Crippen LogP contribution < -0.4 is 10.1 Å². The van der Waals surface area contributed by atoms with Crippen molar-refractivity contribution in [2.24, 2.45) is 0 Å². The average molecular weight is 374 g/mol. The minimum absolute atomic E-state index is 0.132. The first kappa shape index (κ1) is 18.4. The van der Waals surface area contributed by atoms with Crippen LogP contribution in [0.5, 0.6) is 5.75 Å². The van der Waals surface area contributed by atoms with Gasteiger partial charge in [-0.3, -0.25) is 4.79 Å². The van der Waals surface area contributed by atoms with Crippen LogP contribution in [0.3, 0.4) is 0 Å². The second kappa shape index (κ2) is 7.47. The number of benzene rings is 2. The van der Waals surface area contributed by atoms with E-state index >= 15 is 0 Å². The molecule has 2 aromatic carbocycles. The molecule has 1 atom stereocenters. The highest BCUT2D eigenvalue weighted by Crippen LogP contribution is 2.29. The van der Waals surface area contributed by atoms with Crippen LogP contribution >= 0.6 is 0 Å². The lowest BCUT2D eigenvalue weighted by Gasteiger charge is -2.34. The van der Waals surface area contributed by atoms with Crippen molar-refractivity contribution < 1.29 is 17.9 Å². The number of ether oxygens (including phenoxy) is 1. The Hall–Kier alpha value is -2.38. The maximum Gasteiger partial charge on any atom is 0.243 e. The quantitative estimate of drug-likeness (QED) is 0.869. The normalized spacial score (nSPS) is 18.4. The highest BCUT2D eigenvalue weighted by atomic mass is 32.2. The molecule has 1 heterocycles. The first-order valence-electron chi connectivity index (χ1n) is 8.37. The van der Waals surface area contributed by atoms with E-state index in [9.17, 15) is 13.2 Å². The Morgan fingerprint density at radius 2 is 1.77 bits per heavy atom. The van der Waals surface area contributed by atoms with Gasteiger partial charge in [-0.15, -0.1) is 0 Å². The standard InChI is InChI=1S/C19H22N2O4S/c1-14-3-5-15(6-4-14)13-26(23,24)21-12-11-20-19(22)18(21)16-7-9-17(25-2)10-8-16/h3-10,18H,11-13H2,1-2H3,(H,20,22). The molecule has 0 radical (unpaired) electrons. The van der Waals surface area contributed by atoms with Gasteiger partial charge in [0.25, 0.3) is 0 Å². The zero-order valence-corrected chi connectivity index (χ0v) is 15.6. The van der Waals surface area contributed by atoms with Crippen molar-refractivity contribution >= 4 is 15.9 Å². The van der Waals surface area contributed by atoms with Gasteiger partial charge in [0.2, 0.25) is 15.9 Å². The van der Waals surface area contributed by atoms with E-state index in [-0.39, 0.29) is 18.2 Å². The van der Waals surface area contributed by atoms with E-state index in [4.69, 9.17) is 4.74 Å². The lowest BCUT2D eigenvalue weighted by molar-refractivity contribution is -0.126. The van der Waals surface area contributed by atoms with E-state index in [1.165, 1.54) is 4.31 Å². The van der Waals surface area contributed by atoms with Gasteiger partial charge in [0.15, 0.2) is 0 Å². The molecular weight excluding hydrogens is 352 g/mol. The molecule has 138 valence electrons. The molecule has 1 saturated heterocycles. The molecule has 0 spiro atoms. The second-order valence-electron chi connectivity index (χ2n) is 6.32. The summed E-state index contributed by atoms with van der Waals surface area (Å²) in [6.07, 6.45) is 0. The molecule has 2 aromatic rings. The molecule has 0 saturated carbocycles. The van der Waals surface area contributed by atoms with E-state index in [0.717, 1.165) is 5.56 Å². The number of carbonyl (C=O) groups is 1. The van der Waals surface area contributed by atoms with Gasteiger partial charge < -0.3 is 10.1 Å². The summed E-state index contributed by atoms with van der Waals surface area (Å²) in [6, 6.07) is 13.4. The van der Waals surface area contributed by atoms with Gasteiger partial charge in [-0.1, -0.05) is 42.0 Å². The summed E-state index contributed by atoms with van der Waals surface area (Å²) in [5, 5.41) is 2.76. The number of hydrogen-bond donors (Lipinski definition) is 1. The summed E-state index contributed by atoms with van der Waals surface area (Å²) in [5.41, 5.74) is 2.39. The van der Waals surface area contributed by atoms with Crippen LogP contribution in [0.15, 0.2) is 48.5 Å². The Morgan fingerprint density at radius 3 is 2.38 bits per heavy atom. The van der Waals surface area contributed by atoms with Crippen molar-refractivity contribution in [2.75, 3.05) is 20.2 Å².